The highest BCUT2D eigenvalue weighted by atomic mass is 35.5. The Kier molecular flexibility index (Phi) is 5.38. The van der Waals surface area contributed by atoms with Crippen molar-refractivity contribution >= 4 is 17.5 Å². The SMILES string of the molecule is CCCC(N)C(=O)NCc1cccc(Cl)c1F. The van der Waals surface area contributed by atoms with E-state index in [9.17, 15) is 9.18 Å². The Morgan fingerprint density at radius 2 is 2.29 bits per heavy atom. The molecular formula is C12H16ClFN2O. The molecule has 3 nitrogen and oxygen atoms in total. The van der Waals surface area contributed by atoms with Gasteiger partial charge in [0.25, 0.3) is 0 Å². The normalized spacial score (nSPS) is 12.2. The average molecular weight is 259 g/mol. The Hall–Kier alpha value is -1.13. The van der Waals surface area contributed by atoms with E-state index in [4.69, 9.17) is 17.3 Å². The third-order valence-corrected chi connectivity index (χ3v) is 2.71. The first-order chi connectivity index (χ1) is 8.06. The van der Waals surface area contributed by atoms with Gasteiger partial charge < -0.3 is 11.1 Å². The van der Waals surface area contributed by atoms with Crippen LogP contribution < -0.4 is 11.1 Å². The van der Waals surface area contributed by atoms with Gasteiger partial charge in [-0.1, -0.05) is 37.1 Å². The molecule has 1 aromatic rings. The summed E-state index contributed by atoms with van der Waals surface area (Å²) in [6, 6.07) is 4.14. The molecule has 0 fully saturated rings. The third-order valence-electron chi connectivity index (χ3n) is 2.42. The Labute approximate surface area is 105 Å². The lowest BCUT2D eigenvalue weighted by Crippen LogP contribution is -2.40. The van der Waals surface area contributed by atoms with Crippen molar-refractivity contribution in [1.29, 1.82) is 0 Å². The molecule has 0 saturated carbocycles. The molecule has 17 heavy (non-hydrogen) atoms. The zero-order valence-corrected chi connectivity index (χ0v) is 10.4. The summed E-state index contributed by atoms with van der Waals surface area (Å²) in [6.07, 6.45) is 1.45. The Bertz CT molecular complexity index is 398. The number of rotatable bonds is 5. The van der Waals surface area contributed by atoms with E-state index < -0.39 is 11.9 Å². The second kappa shape index (κ2) is 6.57. The van der Waals surface area contributed by atoms with Gasteiger partial charge in [-0.2, -0.15) is 0 Å². The smallest absolute Gasteiger partial charge is 0.237 e. The molecule has 0 spiro atoms. The van der Waals surface area contributed by atoms with Crippen molar-refractivity contribution in [3.8, 4) is 0 Å². The second-order valence-corrected chi connectivity index (χ2v) is 4.23. The molecule has 0 heterocycles. The van der Waals surface area contributed by atoms with Crippen molar-refractivity contribution in [3.63, 3.8) is 0 Å². The third kappa shape index (κ3) is 3.98. The zero-order chi connectivity index (χ0) is 12.8. The lowest BCUT2D eigenvalue weighted by Gasteiger charge is -2.11. The van der Waals surface area contributed by atoms with Gasteiger partial charge in [0.2, 0.25) is 5.91 Å². The van der Waals surface area contributed by atoms with Crippen LogP contribution in [0.1, 0.15) is 25.3 Å². The van der Waals surface area contributed by atoms with E-state index in [1.807, 2.05) is 6.92 Å². The molecule has 94 valence electrons. The van der Waals surface area contributed by atoms with Crippen LogP contribution in [0.4, 0.5) is 4.39 Å². The molecule has 1 atom stereocenters. The minimum absolute atomic E-state index is 0.0506. The molecule has 0 radical (unpaired) electrons. The number of hydrogen-bond donors (Lipinski definition) is 2. The van der Waals surface area contributed by atoms with Gasteiger partial charge in [-0.3, -0.25) is 4.79 Å². The number of amides is 1. The van der Waals surface area contributed by atoms with Crippen LogP contribution >= 0.6 is 11.6 Å². The minimum Gasteiger partial charge on any atom is -0.351 e. The molecule has 0 aliphatic carbocycles. The standard InChI is InChI=1S/C12H16ClFN2O/c1-2-4-10(15)12(17)16-7-8-5-3-6-9(13)11(8)14/h3,5-6,10H,2,4,7,15H2,1H3,(H,16,17). The maximum atomic E-state index is 13.5. The maximum absolute atomic E-state index is 13.5. The molecular weight excluding hydrogens is 243 g/mol. The van der Waals surface area contributed by atoms with Crippen molar-refractivity contribution in [2.24, 2.45) is 5.73 Å². The second-order valence-electron chi connectivity index (χ2n) is 3.83. The fraction of sp³-hybridized carbons (Fsp3) is 0.417. The van der Waals surface area contributed by atoms with Gasteiger partial charge >= 0.3 is 0 Å². The van der Waals surface area contributed by atoms with E-state index in [-0.39, 0.29) is 17.5 Å². The Morgan fingerprint density at radius 1 is 1.59 bits per heavy atom. The molecule has 0 saturated heterocycles. The van der Waals surface area contributed by atoms with Gasteiger partial charge in [-0.05, 0) is 12.5 Å². The van der Waals surface area contributed by atoms with Crippen LogP contribution in [0.15, 0.2) is 18.2 Å². The topological polar surface area (TPSA) is 55.1 Å². The molecule has 1 aromatic carbocycles. The summed E-state index contributed by atoms with van der Waals surface area (Å²) < 4.78 is 13.5. The quantitative estimate of drug-likeness (QED) is 0.851. The number of carbonyl (C=O) groups is 1. The van der Waals surface area contributed by atoms with E-state index in [1.54, 1.807) is 12.1 Å². The summed E-state index contributed by atoms with van der Waals surface area (Å²) in [5.41, 5.74) is 5.98. The van der Waals surface area contributed by atoms with Crippen molar-refractivity contribution in [2.75, 3.05) is 0 Å². The monoisotopic (exact) mass is 258 g/mol. The molecule has 1 rings (SSSR count). The molecule has 5 heteroatoms. The summed E-state index contributed by atoms with van der Waals surface area (Å²) in [5, 5.41) is 2.64. The van der Waals surface area contributed by atoms with Crippen LogP contribution in [0.25, 0.3) is 0 Å². The zero-order valence-electron chi connectivity index (χ0n) is 9.67. The Morgan fingerprint density at radius 3 is 2.94 bits per heavy atom. The van der Waals surface area contributed by atoms with E-state index in [1.165, 1.54) is 6.07 Å². The number of benzene rings is 1. The van der Waals surface area contributed by atoms with Crippen LogP contribution in [0, 0.1) is 5.82 Å². The highest BCUT2D eigenvalue weighted by Crippen LogP contribution is 2.17. The molecule has 3 N–H and O–H groups in total. The molecule has 0 bridgehead atoms. The highest BCUT2D eigenvalue weighted by Gasteiger charge is 2.13. The van der Waals surface area contributed by atoms with Crippen molar-refractivity contribution in [2.45, 2.75) is 32.4 Å². The summed E-state index contributed by atoms with van der Waals surface area (Å²) >= 11 is 5.63. The number of carbonyl (C=O) groups excluding carboxylic acids is 1. The van der Waals surface area contributed by atoms with Crippen LogP contribution in [0.2, 0.25) is 5.02 Å². The summed E-state index contributed by atoms with van der Waals surface area (Å²) in [5.74, 6) is -0.773. The van der Waals surface area contributed by atoms with E-state index in [2.05, 4.69) is 5.32 Å². The fourth-order valence-electron chi connectivity index (χ4n) is 1.44. The minimum atomic E-state index is -0.540. The first kappa shape index (κ1) is 13.9. The number of hydrogen-bond acceptors (Lipinski definition) is 2. The van der Waals surface area contributed by atoms with Gasteiger partial charge in [-0.25, -0.2) is 4.39 Å². The number of nitrogens with one attached hydrogen (secondary N) is 1. The van der Waals surface area contributed by atoms with E-state index >= 15 is 0 Å². The predicted octanol–water partition coefficient (Wildman–Crippen LogP) is 2.22. The number of nitrogens with two attached hydrogens (primary N) is 1. The van der Waals surface area contributed by atoms with Gasteiger partial charge in [-0.15, -0.1) is 0 Å². The lowest BCUT2D eigenvalue weighted by molar-refractivity contribution is -0.122. The first-order valence-electron chi connectivity index (χ1n) is 5.52. The number of halogens is 2. The molecule has 0 aliphatic rings. The lowest BCUT2D eigenvalue weighted by atomic mass is 10.1. The van der Waals surface area contributed by atoms with Gasteiger partial charge in [0.15, 0.2) is 0 Å². The summed E-state index contributed by atoms with van der Waals surface area (Å²) in [4.78, 5) is 11.5. The van der Waals surface area contributed by atoms with Crippen molar-refractivity contribution in [1.82, 2.24) is 5.32 Å². The fourth-order valence-corrected chi connectivity index (χ4v) is 1.63. The molecule has 0 aliphatic heterocycles. The van der Waals surface area contributed by atoms with Crippen molar-refractivity contribution < 1.29 is 9.18 Å². The summed E-state index contributed by atoms with van der Waals surface area (Å²) in [7, 11) is 0. The maximum Gasteiger partial charge on any atom is 0.237 e. The first-order valence-corrected chi connectivity index (χ1v) is 5.90. The van der Waals surface area contributed by atoms with Gasteiger partial charge in [0.05, 0.1) is 11.1 Å². The predicted molar refractivity (Wildman–Crippen MR) is 66.1 cm³/mol. The Balaban J connectivity index is 2.56. The molecule has 1 unspecified atom stereocenters. The molecule has 0 aromatic heterocycles. The van der Waals surface area contributed by atoms with Crippen LogP contribution in [-0.4, -0.2) is 11.9 Å². The van der Waals surface area contributed by atoms with Gasteiger partial charge in [0.1, 0.15) is 5.82 Å². The highest BCUT2D eigenvalue weighted by molar-refractivity contribution is 6.30. The van der Waals surface area contributed by atoms with Crippen LogP contribution in [0.3, 0.4) is 0 Å². The van der Waals surface area contributed by atoms with E-state index in [0.717, 1.165) is 6.42 Å². The largest absolute Gasteiger partial charge is 0.351 e. The van der Waals surface area contributed by atoms with Gasteiger partial charge in [0, 0.05) is 12.1 Å². The molecule has 1 amide bonds. The van der Waals surface area contributed by atoms with Crippen LogP contribution in [-0.2, 0) is 11.3 Å². The summed E-state index contributed by atoms with van der Waals surface area (Å²) in [6.45, 7) is 2.05. The van der Waals surface area contributed by atoms with Crippen molar-refractivity contribution in [3.05, 3.63) is 34.6 Å². The van der Waals surface area contributed by atoms with Crippen LogP contribution in [0.5, 0.6) is 0 Å². The van der Waals surface area contributed by atoms with E-state index in [0.29, 0.717) is 12.0 Å². The average Bonchev–Trinajstić information content (AvgIpc) is 2.31.